The molecule has 110 valence electrons. The van der Waals surface area contributed by atoms with Gasteiger partial charge in [0, 0.05) is 5.69 Å². The van der Waals surface area contributed by atoms with Crippen molar-refractivity contribution in [3.8, 4) is 5.75 Å². The Balaban J connectivity index is 2.41. The van der Waals surface area contributed by atoms with E-state index in [2.05, 4.69) is 10.2 Å². The van der Waals surface area contributed by atoms with E-state index in [0.29, 0.717) is 11.4 Å². The topological polar surface area (TPSA) is 151 Å². The van der Waals surface area contributed by atoms with Crippen molar-refractivity contribution in [3.63, 3.8) is 0 Å². The highest BCUT2D eigenvalue weighted by Gasteiger charge is 2.12. The lowest BCUT2D eigenvalue weighted by Gasteiger charge is -2.02. The average Bonchev–Trinajstić information content (AvgIpc) is 2.38. The van der Waals surface area contributed by atoms with Crippen molar-refractivity contribution >= 4 is 32.9 Å². The number of nitrogen functional groups attached to an aromatic ring is 2. The molecule has 0 radical (unpaired) electrons. The van der Waals surface area contributed by atoms with Crippen molar-refractivity contribution < 1.29 is 18.1 Å². The van der Waals surface area contributed by atoms with Gasteiger partial charge < -0.3 is 16.6 Å². The van der Waals surface area contributed by atoms with Gasteiger partial charge in [-0.3, -0.25) is 4.55 Å². The van der Waals surface area contributed by atoms with E-state index >= 15 is 0 Å². The van der Waals surface area contributed by atoms with Crippen molar-refractivity contribution in [2.45, 2.75) is 4.90 Å². The molecular weight excluding hydrogens is 296 g/mol. The molecule has 0 aliphatic heterocycles. The lowest BCUT2D eigenvalue weighted by molar-refractivity contribution is 0.473. The first-order chi connectivity index (χ1) is 9.77. The number of phenolic OH excluding ortho intramolecular Hbond substituents is 1. The maximum absolute atomic E-state index is 11.0. The number of phenols is 1. The maximum atomic E-state index is 11.0. The third-order valence-corrected chi connectivity index (χ3v) is 3.41. The first kappa shape index (κ1) is 14.8. The van der Waals surface area contributed by atoms with Gasteiger partial charge in [0.25, 0.3) is 10.1 Å². The lowest BCUT2D eigenvalue weighted by Crippen LogP contribution is -1.96. The summed E-state index contributed by atoms with van der Waals surface area (Å²) in [5.41, 5.74) is 12.2. The van der Waals surface area contributed by atoms with E-state index in [4.69, 9.17) is 16.0 Å². The van der Waals surface area contributed by atoms with Crippen LogP contribution in [0.2, 0.25) is 0 Å². The van der Waals surface area contributed by atoms with Crippen molar-refractivity contribution in [2.24, 2.45) is 10.2 Å². The first-order valence-corrected chi connectivity index (χ1v) is 7.08. The highest BCUT2D eigenvalue weighted by atomic mass is 32.2. The van der Waals surface area contributed by atoms with Crippen LogP contribution < -0.4 is 11.5 Å². The van der Waals surface area contributed by atoms with Crippen LogP contribution in [0.5, 0.6) is 5.75 Å². The molecule has 0 aliphatic carbocycles. The summed E-state index contributed by atoms with van der Waals surface area (Å²) < 4.78 is 31.0. The van der Waals surface area contributed by atoms with Crippen LogP contribution in [-0.4, -0.2) is 18.1 Å². The quantitative estimate of drug-likeness (QED) is 0.387. The minimum absolute atomic E-state index is 0.124. The van der Waals surface area contributed by atoms with Gasteiger partial charge in [0.15, 0.2) is 0 Å². The van der Waals surface area contributed by atoms with Gasteiger partial charge in [-0.15, -0.1) is 10.2 Å². The van der Waals surface area contributed by atoms with Crippen LogP contribution in [0.1, 0.15) is 0 Å². The average molecular weight is 308 g/mol. The molecule has 0 aromatic heterocycles. The van der Waals surface area contributed by atoms with E-state index < -0.39 is 15.0 Å². The number of aromatic hydroxyl groups is 1. The van der Waals surface area contributed by atoms with Crippen molar-refractivity contribution in [3.05, 3.63) is 36.4 Å². The van der Waals surface area contributed by atoms with Gasteiger partial charge in [-0.25, -0.2) is 0 Å². The molecule has 0 fully saturated rings. The molecule has 0 atom stereocenters. The van der Waals surface area contributed by atoms with Gasteiger partial charge in [-0.05, 0) is 36.4 Å². The summed E-state index contributed by atoms with van der Waals surface area (Å²) in [6.07, 6.45) is 0. The third-order valence-electron chi connectivity index (χ3n) is 2.56. The molecule has 0 aliphatic rings. The second-order valence-electron chi connectivity index (χ2n) is 4.14. The molecule has 0 saturated carbocycles. The summed E-state index contributed by atoms with van der Waals surface area (Å²) in [7, 11) is -4.39. The number of rotatable bonds is 3. The van der Waals surface area contributed by atoms with Gasteiger partial charge in [0.05, 0.1) is 10.6 Å². The Morgan fingerprint density at radius 2 is 1.62 bits per heavy atom. The molecule has 0 heterocycles. The van der Waals surface area contributed by atoms with Crippen LogP contribution in [0.3, 0.4) is 0 Å². The predicted octanol–water partition coefficient (Wildman–Crippen LogP) is 2.22. The Bertz CT molecular complexity index is 818. The molecule has 2 aromatic carbocycles. The zero-order valence-electron chi connectivity index (χ0n) is 10.6. The van der Waals surface area contributed by atoms with Gasteiger partial charge >= 0.3 is 0 Å². The zero-order chi connectivity index (χ0) is 15.6. The Hall–Kier alpha value is -2.65. The van der Waals surface area contributed by atoms with E-state index in [1.165, 1.54) is 12.1 Å². The lowest BCUT2D eigenvalue weighted by atomic mass is 10.2. The third kappa shape index (κ3) is 3.46. The number of hydrogen-bond donors (Lipinski definition) is 4. The second kappa shape index (κ2) is 5.38. The SMILES string of the molecule is Nc1ccc(/N=N/c2cc(S(=O)(=O)O)ccc2O)c(N)c1. The molecule has 9 heteroatoms. The molecule has 2 rings (SSSR count). The molecule has 21 heavy (non-hydrogen) atoms. The van der Waals surface area contributed by atoms with Crippen LogP contribution in [0.4, 0.5) is 22.7 Å². The number of azo groups is 1. The smallest absolute Gasteiger partial charge is 0.294 e. The van der Waals surface area contributed by atoms with Crippen LogP contribution in [-0.2, 0) is 10.1 Å². The fourth-order valence-electron chi connectivity index (χ4n) is 1.52. The monoisotopic (exact) mass is 308 g/mol. The summed E-state index contributed by atoms with van der Waals surface area (Å²) in [6, 6.07) is 7.70. The molecular formula is C12H12N4O4S. The number of nitrogens with zero attached hydrogens (tertiary/aromatic N) is 2. The fraction of sp³-hybridized carbons (Fsp3) is 0. The Morgan fingerprint density at radius 1 is 0.952 bits per heavy atom. The van der Waals surface area contributed by atoms with Crippen molar-refractivity contribution in [2.75, 3.05) is 11.5 Å². The van der Waals surface area contributed by atoms with E-state index in [-0.39, 0.29) is 17.1 Å². The molecule has 0 saturated heterocycles. The predicted molar refractivity (Wildman–Crippen MR) is 77.4 cm³/mol. The molecule has 0 unspecified atom stereocenters. The van der Waals surface area contributed by atoms with Gasteiger partial charge in [0.2, 0.25) is 0 Å². The minimum Gasteiger partial charge on any atom is -0.506 e. The molecule has 0 amide bonds. The normalized spacial score (nSPS) is 11.9. The van der Waals surface area contributed by atoms with Crippen molar-refractivity contribution in [1.82, 2.24) is 0 Å². The van der Waals surface area contributed by atoms with E-state index in [1.807, 2.05) is 0 Å². The molecule has 6 N–H and O–H groups in total. The maximum Gasteiger partial charge on any atom is 0.294 e. The second-order valence-corrected chi connectivity index (χ2v) is 5.57. The van der Waals surface area contributed by atoms with Crippen molar-refractivity contribution in [1.29, 1.82) is 0 Å². The molecule has 0 bridgehead atoms. The fourth-order valence-corrected chi connectivity index (χ4v) is 2.02. The summed E-state index contributed by atoms with van der Waals surface area (Å²) in [4.78, 5) is -0.403. The summed E-state index contributed by atoms with van der Waals surface area (Å²) in [5.74, 6) is -0.292. The van der Waals surface area contributed by atoms with Gasteiger partial charge in [0.1, 0.15) is 17.1 Å². The summed E-state index contributed by atoms with van der Waals surface area (Å²) in [5, 5.41) is 17.1. The Labute approximate surface area is 120 Å². The highest BCUT2D eigenvalue weighted by Crippen LogP contribution is 2.32. The first-order valence-electron chi connectivity index (χ1n) is 5.64. The largest absolute Gasteiger partial charge is 0.506 e. The number of nitrogens with two attached hydrogens (primary N) is 2. The summed E-state index contributed by atoms with van der Waals surface area (Å²) >= 11 is 0. The summed E-state index contributed by atoms with van der Waals surface area (Å²) in [6.45, 7) is 0. The Morgan fingerprint density at radius 3 is 2.24 bits per heavy atom. The highest BCUT2D eigenvalue weighted by molar-refractivity contribution is 7.85. The molecule has 2 aromatic rings. The Kier molecular flexibility index (Phi) is 3.78. The standard InChI is InChI=1S/C12H12N4O4S/c13-7-1-3-10(9(14)5-7)15-16-11-6-8(21(18,19)20)2-4-12(11)17/h1-6,17H,13-14H2,(H,18,19,20)/b16-15+. The van der Waals surface area contributed by atoms with E-state index in [0.717, 1.165) is 18.2 Å². The zero-order valence-corrected chi connectivity index (χ0v) is 11.4. The van der Waals surface area contributed by atoms with Crippen LogP contribution >= 0.6 is 0 Å². The molecule has 8 nitrogen and oxygen atoms in total. The van der Waals surface area contributed by atoms with E-state index in [1.54, 1.807) is 6.07 Å². The molecule has 0 spiro atoms. The van der Waals surface area contributed by atoms with Gasteiger partial charge in [-0.1, -0.05) is 0 Å². The number of anilines is 2. The van der Waals surface area contributed by atoms with Crippen LogP contribution in [0, 0.1) is 0 Å². The van der Waals surface area contributed by atoms with Crippen LogP contribution in [0.15, 0.2) is 51.5 Å². The number of hydrogen-bond acceptors (Lipinski definition) is 7. The van der Waals surface area contributed by atoms with E-state index in [9.17, 15) is 13.5 Å². The van der Waals surface area contributed by atoms with Crippen LogP contribution in [0.25, 0.3) is 0 Å². The van der Waals surface area contributed by atoms with Gasteiger partial charge in [-0.2, -0.15) is 8.42 Å². The number of benzene rings is 2. The minimum atomic E-state index is -4.39.